The van der Waals surface area contributed by atoms with Crippen molar-refractivity contribution in [1.82, 2.24) is 5.48 Å². The number of carbonyl (C=O) groups is 1. The molecule has 0 aromatic rings. The second-order valence-corrected chi connectivity index (χ2v) is 1.47. The zero-order chi connectivity index (χ0) is 8.53. The first-order valence-corrected chi connectivity index (χ1v) is 2.85. The molecule has 4 heteroatoms. The van der Waals surface area contributed by atoms with Crippen molar-refractivity contribution < 1.29 is 14.7 Å². The number of nitrogens with one attached hydrogen (secondary N) is 1. The molecule has 60 valence electrons. The van der Waals surface area contributed by atoms with Gasteiger partial charge in [0.15, 0.2) is 0 Å². The van der Waals surface area contributed by atoms with Crippen molar-refractivity contribution in [2.75, 3.05) is 0 Å². The highest BCUT2D eigenvalue weighted by molar-refractivity contribution is 5.78. The second-order valence-electron chi connectivity index (χ2n) is 1.47. The van der Waals surface area contributed by atoms with E-state index in [9.17, 15) is 4.79 Å². The molecule has 1 aliphatic heterocycles. The van der Waals surface area contributed by atoms with E-state index in [0.29, 0.717) is 0 Å². The van der Waals surface area contributed by atoms with Crippen LogP contribution in [0.5, 0.6) is 0 Å². The van der Waals surface area contributed by atoms with Crippen molar-refractivity contribution >= 4 is 5.97 Å². The normalized spacial score (nSPS) is 11.6. The van der Waals surface area contributed by atoms with Crippen LogP contribution >= 0.6 is 0 Å². The maximum absolute atomic E-state index is 9.25. The highest BCUT2D eigenvalue weighted by Gasteiger charge is 1.73. The van der Waals surface area contributed by atoms with Gasteiger partial charge in [-0.15, -0.1) is 0 Å². The van der Waals surface area contributed by atoms with Gasteiger partial charge in [-0.1, -0.05) is 6.58 Å². The van der Waals surface area contributed by atoms with Gasteiger partial charge in [0.25, 0.3) is 0 Å². The van der Waals surface area contributed by atoms with E-state index in [1.165, 1.54) is 0 Å². The van der Waals surface area contributed by atoms with Crippen molar-refractivity contribution in [2.45, 2.75) is 0 Å². The molecule has 0 aromatic heterocycles. The van der Waals surface area contributed by atoms with E-state index in [2.05, 4.69) is 16.9 Å². The Labute approximate surface area is 64.4 Å². The maximum Gasteiger partial charge on any atom is 0.327 e. The minimum absolute atomic E-state index is 0.833. The largest absolute Gasteiger partial charge is 0.478 e. The summed E-state index contributed by atoms with van der Waals surface area (Å²) in [5.41, 5.74) is 2.52. The maximum atomic E-state index is 9.25. The van der Waals surface area contributed by atoms with Crippen molar-refractivity contribution in [1.29, 1.82) is 0 Å². The molecule has 0 amide bonds. The first kappa shape index (κ1) is 9.29. The molecule has 0 spiro atoms. The van der Waals surface area contributed by atoms with E-state index in [1.807, 2.05) is 6.08 Å². The molecule has 1 heterocycles. The summed E-state index contributed by atoms with van der Waals surface area (Å²) in [7, 11) is 0. The summed E-state index contributed by atoms with van der Waals surface area (Å²) < 4.78 is 0. The molecule has 0 fully saturated rings. The highest BCUT2D eigenvalue weighted by atomic mass is 16.6. The van der Waals surface area contributed by atoms with Gasteiger partial charge in [-0.2, -0.15) is 0 Å². The number of carboxylic acid groups (broad SMARTS) is 1. The predicted molar refractivity (Wildman–Crippen MR) is 40.3 cm³/mol. The third kappa shape index (κ3) is 8.29. The second kappa shape index (κ2) is 6.41. The minimum Gasteiger partial charge on any atom is -0.478 e. The van der Waals surface area contributed by atoms with Crippen LogP contribution in [-0.4, -0.2) is 11.1 Å². The number of hydroxylamine groups is 1. The standard InChI is InChI=1S/C4H5NO.C3H4O2/c1-2-4-6-5-3-1;1-2-3(4)5/h1-5H;2H,1H2,(H,4,5). The van der Waals surface area contributed by atoms with Crippen LogP contribution in [0.3, 0.4) is 0 Å². The van der Waals surface area contributed by atoms with Gasteiger partial charge < -0.3 is 9.94 Å². The van der Waals surface area contributed by atoms with E-state index in [-0.39, 0.29) is 0 Å². The van der Waals surface area contributed by atoms with Gasteiger partial charge >= 0.3 is 5.97 Å². The summed E-state index contributed by atoms with van der Waals surface area (Å²) in [5.74, 6) is -0.981. The van der Waals surface area contributed by atoms with Crippen LogP contribution in [0.25, 0.3) is 0 Å². The van der Waals surface area contributed by atoms with Crippen LogP contribution in [-0.2, 0) is 9.63 Å². The average molecular weight is 155 g/mol. The van der Waals surface area contributed by atoms with Crippen molar-refractivity contribution in [3.8, 4) is 0 Å². The van der Waals surface area contributed by atoms with Crippen LogP contribution in [0.15, 0.2) is 37.3 Å². The molecule has 2 N–H and O–H groups in total. The van der Waals surface area contributed by atoms with Crippen molar-refractivity contribution in [3.63, 3.8) is 0 Å². The lowest BCUT2D eigenvalue weighted by Crippen LogP contribution is -2.01. The molecule has 0 aromatic carbocycles. The van der Waals surface area contributed by atoms with Crippen molar-refractivity contribution in [3.05, 3.63) is 37.3 Å². The van der Waals surface area contributed by atoms with E-state index < -0.39 is 5.97 Å². The van der Waals surface area contributed by atoms with Gasteiger partial charge in [0.2, 0.25) is 0 Å². The minimum atomic E-state index is -0.981. The molecule has 0 saturated heterocycles. The summed E-state index contributed by atoms with van der Waals surface area (Å²) in [6.45, 7) is 2.96. The Kier molecular flexibility index (Phi) is 5.41. The number of aliphatic carboxylic acids is 1. The lowest BCUT2D eigenvalue weighted by atomic mass is 10.6. The van der Waals surface area contributed by atoms with Crippen LogP contribution in [0.4, 0.5) is 0 Å². The van der Waals surface area contributed by atoms with Crippen LogP contribution < -0.4 is 5.48 Å². The average Bonchev–Trinajstić information content (AvgIpc) is 2.09. The molecular formula is C7H9NO3. The lowest BCUT2D eigenvalue weighted by Gasteiger charge is -1.97. The molecular weight excluding hydrogens is 146 g/mol. The Hall–Kier alpha value is -1.71. The lowest BCUT2D eigenvalue weighted by molar-refractivity contribution is -0.131. The summed E-state index contributed by atoms with van der Waals surface area (Å²) in [6.07, 6.45) is 7.76. The van der Waals surface area contributed by atoms with Gasteiger partial charge in [-0.05, 0) is 12.2 Å². The third-order valence-electron chi connectivity index (χ3n) is 0.665. The Morgan fingerprint density at radius 1 is 1.64 bits per heavy atom. The Balaban J connectivity index is 0.000000187. The first-order chi connectivity index (χ1) is 5.27. The molecule has 0 atom stereocenters. The fourth-order valence-electron chi connectivity index (χ4n) is 0.258. The van der Waals surface area contributed by atoms with Gasteiger partial charge in [-0.25, -0.2) is 10.3 Å². The van der Waals surface area contributed by atoms with E-state index in [4.69, 9.17) is 5.11 Å². The molecule has 1 rings (SSSR count). The number of allylic oxidation sites excluding steroid dienone is 2. The van der Waals surface area contributed by atoms with E-state index in [1.54, 1.807) is 18.5 Å². The molecule has 0 aliphatic carbocycles. The van der Waals surface area contributed by atoms with E-state index >= 15 is 0 Å². The van der Waals surface area contributed by atoms with Gasteiger partial charge in [-0.3, -0.25) is 0 Å². The molecule has 0 saturated carbocycles. The molecule has 0 radical (unpaired) electrons. The molecule has 1 aliphatic rings. The summed E-state index contributed by atoms with van der Waals surface area (Å²) in [4.78, 5) is 13.8. The zero-order valence-electron chi connectivity index (χ0n) is 5.86. The predicted octanol–water partition coefficient (Wildman–Crippen LogP) is 0.806. The molecule has 11 heavy (non-hydrogen) atoms. The molecule has 4 nitrogen and oxygen atoms in total. The van der Waals surface area contributed by atoms with Crippen LogP contribution in [0.2, 0.25) is 0 Å². The zero-order valence-corrected chi connectivity index (χ0v) is 5.86. The fraction of sp³-hybridized carbons (Fsp3) is 0. The topological polar surface area (TPSA) is 58.6 Å². The van der Waals surface area contributed by atoms with Crippen LogP contribution in [0, 0.1) is 0 Å². The SMILES string of the molecule is C1=CNOC=C1.C=CC(=O)O. The number of hydrogen-bond acceptors (Lipinski definition) is 3. The van der Waals surface area contributed by atoms with Crippen LogP contribution in [0.1, 0.15) is 0 Å². The van der Waals surface area contributed by atoms with Gasteiger partial charge in [0, 0.05) is 12.3 Å². The smallest absolute Gasteiger partial charge is 0.327 e. The Bertz CT molecular complexity index is 172. The fourth-order valence-corrected chi connectivity index (χ4v) is 0.258. The summed E-state index contributed by atoms with van der Waals surface area (Å²) in [5, 5.41) is 7.60. The monoisotopic (exact) mass is 155 g/mol. The third-order valence-corrected chi connectivity index (χ3v) is 0.665. The first-order valence-electron chi connectivity index (χ1n) is 2.85. The number of carboxylic acids is 1. The molecule has 0 unspecified atom stereocenters. The van der Waals surface area contributed by atoms with Gasteiger partial charge in [0.1, 0.15) is 6.26 Å². The Morgan fingerprint density at radius 3 is 2.36 bits per heavy atom. The summed E-state index contributed by atoms with van der Waals surface area (Å²) in [6, 6.07) is 0. The van der Waals surface area contributed by atoms with E-state index in [0.717, 1.165) is 6.08 Å². The summed E-state index contributed by atoms with van der Waals surface area (Å²) >= 11 is 0. The van der Waals surface area contributed by atoms with Crippen molar-refractivity contribution in [2.24, 2.45) is 0 Å². The highest BCUT2D eigenvalue weighted by Crippen LogP contribution is 1.80. The molecule has 0 bridgehead atoms. The number of hydrogen-bond donors (Lipinski definition) is 2. The Morgan fingerprint density at radius 2 is 2.27 bits per heavy atom. The van der Waals surface area contributed by atoms with Gasteiger partial charge in [0.05, 0.1) is 0 Å². The number of rotatable bonds is 1. The quantitative estimate of drug-likeness (QED) is 0.550.